The lowest BCUT2D eigenvalue weighted by molar-refractivity contribution is -0.152. The molecule has 1 rings (SSSR count). The van der Waals surface area contributed by atoms with Gasteiger partial charge in [0.2, 0.25) is 10.0 Å². The summed E-state index contributed by atoms with van der Waals surface area (Å²) >= 11 is 28.9. The molecule has 0 spiro atoms. The number of halogens is 5. The Labute approximate surface area is 152 Å². The van der Waals surface area contributed by atoms with Gasteiger partial charge in [-0.05, 0) is 18.2 Å². The maximum absolute atomic E-state index is 12.2. The van der Waals surface area contributed by atoms with Gasteiger partial charge in [0.1, 0.15) is 0 Å². The van der Waals surface area contributed by atoms with Crippen molar-refractivity contribution in [3.63, 3.8) is 0 Å². The largest absolute Gasteiger partial charge is 0.437 e. The number of rotatable bonds is 3. The van der Waals surface area contributed by atoms with Gasteiger partial charge in [0.25, 0.3) is 0 Å². The van der Waals surface area contributed by atoms with E-state index < -0.39 is 22.0 Å². The lowest BCUT2D eigenvalue weighted by Crippen LogP contribution is -2.49. The van der Waals surface area contributed by atoms with E-state index in [0.29, 0.717) is 10.7 Å². The van der Waals surface area contributed by atoms with Crippen molar-refractivity contribution < 1.29 is 14.3 Å². The number of anilines is 1. The summed E-state index contributed by atoms with van der Waals surface area (Å²) < 4.78 is 2.83. The number of nitrogens with one attached hydrogen (secondary N) is 1. The van der Waals surface area contributed by atoms with E-state index in [1.54, 1.807) is 6.07 Å². The predicted molar refractivity (Wildman–Crippen MR) is 89.1 cm³/mol. The zero-order chi connectivity index (χ0) is 17.1. The van der Waals surface area contributed by atoms with E-state index in [-0.39, 0.29) is 5.02 Å². The number of benzene rings is 1. The number of hydrogen-bond donors (Lipinski definition) is 1. The number of alkyl halides is 3. The number of carbonyl (C=O) groups excluding carboxylic acids is 2. The molecule has 1 unspecified atom stereocenters. The fourth-order valence-corrected chi connectivity index (χ4v) is 2.45. The van der Waals surface area contributed by atoms with Gasteiger partial charge >= 0.3 is 12.0 Å². The highest BCUT2D eigenvalue weighted by atomic mass is 35.6. The molecule has 0 heterocycles. The molecule has 1 atom stereocenters. The molecule has 0 fully saturated rings. The molecule has 5 nitrogen and oxygen atoms in total. The summed E-state index contributed by atoms with van der Waals surface area (Å²) in [4.78, 5) is 24.2. The minimum atomic E-state index is -2.03. The van der Waals surface area contributed by atoms with Crippen LogP contribution in [0.5, 0.6) is 0 Å². The average molecular weight is 408 g/mol. The van der Waals surface area contributed by atoms with Crippen LogP contribution in [0.1, 0.15) is 6.92 Å². The Morgan fingerprint density at radius 2 is 1.86 bits per heavy atom. The molecule has 0 saturated heterocycles. The molecule has 0 aromatic heterocycles. The van der Waals surface area contributed by atoms with Crippen molar-refractivity contribution in [3.05, 3.63) is 28.2 Å². The molecule has 0 saturated carbocycles. The van der Waals surface area contributed by atoms with Gasteiger partial charge in [0, 0.05) is 19.0 Å². The SMILES string of the molecule is CC(=O)OC(N(C)C(=O)Nc1ccc(Cl)cc1Cl)C(Cl)(Cl)Cl. The molecule has 1 N–H and O–H groups in total. The monoisotopic (exact) mass is 406 g/mol. The lowest BCUT2D eigenvalue weighted by Gasteiger charge is -2.32. The van der Waals surface area contributed by atoms with E-state index >= 15 is 0 Å². The molecule has 0 aliphatic carbocycles. The highest BCUT2D eigenvalue weighted by molar-refractivity contribution is 6.68. The normalized spacial score (nSPS) is 12.5. The predicted octanol–water partition coefficient (Wildman–Crippen LogP) is 4.72. The second-order valence-electron chi connectivity index (χ2n) is 4.17. The third-order valence-corrected chi connectivity index (χ3v) is 3.51. The van der Waals surface area contributed by atoms with Crippen LogP contribution >= 0.6 is 58.0 Å². The van der Waals surface area contributed by atoms with Gasteiger partial charge in [-0.2, -0.15) is 0 Å². The molecular weight excluding hydrogens is 397 g/mol. The molecule has 0 bridgehead atoms. The number of esters is 1. The van der Waals surface area contributed by atoms with Gasteiger partial charge in [-0.15, -0.1) is 0 Å². The van der Waals surface area contributed by atoms with Crippen LogP contribution in [0, 0.1) is 0 Å². The third-order valence-electron chi connectivity index (χ3n) is 2.40. The van der Waals surface area contributed by atoms with E-state index in [0.717, 1.165) is 11.8 Å². The molecule has 2 amide bonds. The third kappa shape index (κ3) is 5.56. The highest BCUT2D eigenvalue weighted by Crippen LogP contribution is 2.34. The maximum Gasteiger partial charge on any atom is 0.324 e. The highest BCUT2D eigenvalue weighted by Gasteiger charge is 2.41. The van der Waals surface area contributed by atoms with Crippen LogP contribution in [-0.2, 0) is 9.53 Å². The summed E-state index contributed by atoms with van der Waals surface area (Å²) in [5, 5.41) is 3.13. The Morgan fingerprint density at radius 3 is 2.32 bits per heavy atom. The minimum absolute atomic E-state index is 0.229. The fourth-order valence-electron chi connectivity index (χ4n) is 1.42. The van der Waals surface area contributed by atoms with E-state index in [9.17, 15) is 9.59 Å². The first kappa shape index (κ1) is 19.5. The number of nitrogens with zero attached hydrogens (tertiary/aromatic N) is 1. The topological polar surface area (TPSA) is 58.6 Å². The Balaban J connectivity index is 2.92. The molecular formula is C12H11Cl5N2O3. The Bertz CT molecular complexity index is 576. The summed E-state index contributed by atoms with van der Waals surface area (Å²) in [5.74, 6) is -0.708. The molecule has 1 aromatic carbocycles. The van der Waals surface area contributed by atoms with Gasteiger partial charge in [0.15, 0.2) is 0 Å². The summed E-state index contributed by atoms with van der Waals surface area (Å²) in [6.45, 7) is 1.13. The standard InChI is InChI=1S/C12H11Cl5N2O3/c1-6(20)22-10(12(15,16)17)19(2)11(21)18-9-4-3-7(13)5-8(9)14/h3-5,10H,1-2H3,(H,18,21). The Hall–Kier alpha value is -0.590. The van der Waals surface area contributed by atoms with Crippen molar-refractivity contribution in [1.29, 1.82) is 0 Å². The van der Waals surface area contributed by atoms with Crippen LogP contribution in [0.15, 0.2) is 18.2 Å². The summed E-state index contributed by atoms with van der Waals surface area (Å²) in [5.41, 5.74) is 0.300. The second-order valence-corrected chi connectivity index (χ2v) is 7.38. The smallest absolute Gasteiger partial charge is 0.324 e. The van der Waals surface area contributed by atoms with E-state index in [1.807, 2.05) is 0 Å². The van der Waals surface area contributed by atoms with Crippen LogP contribution in [-0.4, -0.2) is 34.0 Å². The first-order valence-electron chi connectivity index (χ1n) is 5.75. The van der Waals surface area contributed by atoms with Crippen LogP contribution < -0.4 is 5.32 Å². The summed E-state index contributed by atoms with van der Waals surface area (Å²) in [6.07, 6.45) is -1.42. The zero-order valence-electron chi connectivity index (χ0n) is 11.4. The Kier molecular flexibility index (Phi) is 6.89. The molecule has 122 valence electrons. The number of carbonyl (C=O) groups is 2. The van der Waals surface area contributed by atoms with Crippen LogP contribution in [0.2, 0.25) is 10.0 Å². The average Bonchev–Trinajstić information content (AvgIpc) is 2.37. The van der Waals surface area contributed by atoms with Crippen LogP contribution in [0.25, 0.3) is 0 Å². The van der Waals surface area contributed by atoms with Crippen molar-refractivity contribution in [1.82, 2.24) is 4.90 Å². The van der Waals surface area contributed by atoms with E-state index in [2.05, 4.69) is 5.32 Å². The van der Waals surface area contributed by atoms with Gasteiger partial charge < -0.3 is 10.1 Å². The summed E-state index contributed by atoms with van der Waals surface area (Å²) in [7, 11) is 1.30. The van der Waals surface area contributed by atoms with Crippen molar-refractivity contribution >= 4 is 75.7 Å². The van der Waals surface area contributed by atoms with Crippen molar-refractivity contribution in [2.45, 2.75) is 16.9 Å². The first-order chi connectivity index (χ1) is 10.0. The van der Waals surface area contributed by atoms with Crippen molar-refractivity contribution in [3.8, 4) is 0 Å². The molecule has 0 aliphatic rings. The summed E-state index contributed by atoms with van der Waals surface area (Å²) in [6, 6.07) is 3.81. The van der Waals surface area contributed by atoms with E-state index in [4.69, 9.17) is 62.7 Å². The lowest BCUT2D eigenvalue weighted by atomic mass is 10.3. The fraction of sp³-hybridized carbons (Fsp3) is 0.333. The number of hydrogen-bond acceptors (Lipinski definition) is 3. The Morgan fingerprint density at radius 1 is 1.27 bits per heavy atom. The first-order valence-corrected chi connectivity index (χ1v) is 7.64. The number of amides is 2. The molecule has 0 radical (unpaired) electrons. The van der Waals surface area contributed by atoms with Gasteiger partial charge in [-0.1, -0.05) is 58.0 Å². The second kappa shape index (κ2) is 7.79. The number of urea groups is 1. The molecule has 10 heteroatoms. The molecule has 1 aromatic rings. The van der Waals surface area contributed by atoms with Crippen molar-refractivity contribution in [2.24, 2.45) is 0 Å². The van der Waals surface area contributed by atoms with Crippen LogP contribution in [0.3, 0.4) is 0 Å². The number of ether oxygens (including phenoxy) is 1. The molecule has 0 aliphatic heterocycles. The van der Waals surface area contributed by atoms with Crippen molar-refractivity contribution in [2.75, 3.05) is 12.4 Å². The van der Waals surface area contributed by atoms with E-state index in [1.165, 1.54) is 19.2 Å². The molecule has 22 heavy (non-hydrogen) atoms. The van der Waals surface area contributed by atoms with Gasteiger partial charge in [-0.25, -0.2) is 4.79 Å². The zero-order valence-corrected chi connectivity index (χ0v) is 15.2. The van der Waals surface area contributed by atoms with Crippen LogP contribution in [0.4, 0.5) is 10.5 Å². The van der Waals surface area contributed by atoms with Gasteiger partial charge in [-0.3, -0.25) is 9.69 Å². The minimum Gasteiger partial charge on any atom is -0.437 e. The maximum atomic E-state index is 12.2. The van der Waals surface area contributed by atoms with Gasteiger partial charge in [0.05, 0.1) is 10.7 Å². The quantitative estimate of drug-likeness (QED) is 0.447.